The van der Waals surface area contributed by atoms with E-state index in [9.17, 15) is 9.59 Å². The number of rotatable bonds is 3. The number of nitrogens with zero attached hydrogens (tertiary/aromatic N) is 3. The Labute approximate surface area is 157 Å². The quantitative estimate of drug-likeness (QED) is 0.400. The van der Waals surface area contributed by atoms with Gasteiger partial charge in [-0.05, 0) is 60.9 Å². The molecule has 0 atom stereocenters. The van der Waals surface area contributed by atoms with Gasteiger partial charge in [-0.15, -0.1) is 5.10 Å². The third-order valence-corrected chi connectivity index (χ3v) is 4.91. The summed E-state index contributed by atoms with van der Waals surface area (Å²) in [6.07, 6.45) is 3.32. The number of hydrogen-bond donors (Lipinski definition) is 0. The molecule has 0 unspecified atom stereocenters. The van der Waals surface area contributed by atoms with E-state index in [1.807, 2.05) is 26.0 Å². The van der Waals surface area contributed by atoms with Crippen LogP contribution in [0.3, 0.4) is 0 Å². The molecule has 4 rings (SSSR count). The average molecular weight is 381 g/mol. The van der Waals surface area contributed by atoms with E-state index < -0.39 is 0 Å². The van der Waals surface area contributed by atoms with Gasteiger partial charge in [0, 0.05) is 6.92 Å². The lowest BCUT2D eigenvalue weighted by molar-refractivity contribution is -0.131. The van der Waals surface area contributed by atoms with Crippen LogP contribution in [0.5, 0.6) is 5.75 Å². The first-order valence-electron chi connectivity index (χ1n) is 8.17. The van der Waals surface area contributed by atoms with Crippen LogP contribution < -0.4 is 14.8 Å². The number of benzene rings is 1. The smallest absolute Gasteiger partial charge is 0.308 e. The normalized spacial score (nSPS) is 12.0. The van der Waals surface area contributed by atoms with Crippen molar-refractivity contribution in [2.45, 2.75) is 20.8 Å². The van der Waals surface area contributed by atoms with Crippen LogP contribution in [0, 0.1) is 13.8 Å². The van der Waals surface area contributed by atoms with Gasteiger partial charge in [0.25, 0.3) is 5.56 Å². The minimum atomic E-state index is -0.363. The highest BCUT2D eigenvalue weighted by Gasteiger charge is 2.14. The maximum atomic E-state index is 12.6. The molecule has 0 saturated carbocycles. The number of ether oxygens (including phenoxy) is 1. The largest absolute Gasteiger partial charge is 0.461 e. The molecule has 136 valence electrons. The fraction of sp³-hybridized carbons (Fsp3) is 0.158. The zero-order valence-corrected chi connectivity index (χ0v) is 15.7. The van der Waals surface area contributed by atoms with E-state index in [2.05, 4.69) is 10.1 Å². The molecule has 3 heterocycles. The van der Waals surface area contributed by atoms with Crippen LogP contribution in [0.4, 0.5) is 0 Å². The van der Waals surface area contributed by atoms with Crippen molar-refractivity contribution in [1.82, 2.24) is 14.6 Å². The third-order valence-electron chi connectivity index (χ3n) is 3.95. The highest BCUT2D eigenvalue weighted by Crippen LogP contribution is 2.25. The lowest BCUT2D eigenvalue weighted by Gasteiger charge is -2.10. The molecule has 0 spiro atoms. The molecule has 3 aromatic heterocycles. The molecule has 0 aliphatic heterocycles. The van der Waals surface area contributed by atoms with E-state index >= 15 is 0 Å². The highest BCUT2D eigenvalue weighted by atomic mass is 32.1. The molecule has 8 heteroatoms. The number of thiazole rings is 1. The number of aromatic nitrogens is 3. The van der Waals surface area contributed by atoms with Crippen molar-refractivity contribution in [3.05, 3.63) is 62.1 Å². The molecule has 0 saturated heterocycles. The summed E-state index contributed by atoms with van der Waals surface area (Å²) >= 11 is 1.26. The van der Waals surface area contributed by atoms with Crippen molar-refractivity contribution in [2.24, 2.45) is 0 Å². The molecule has 7 nitrogen and oxygen atoms in total. The minimum Gasteiger partial charge on any atom is -0.461 e. The number of aryl methyl sites for hydroxylation is 2. The summed E-state index contributed by atoms with van der Waals surface area (Å²) in [6.45, 7) is 5.09. The summed E-state index contributed by atoms with van der Waals surface area (Å²) in [5.74, 6) is 1.08. The molecular weight excluding hydrogens is 366 g/mol. The van der Waals surface area contributed by atoms with Crippen LogP contribution in [-0.2, 0) is 4.79 Å². The number of hydrogen-bond acceptors (Lipinski definition) is 7. The van der Waals surface area contributed by atoms with Crippen LogP contribution in [-0.4, -0.2) is 20.6 Å². The first-order chi connectivity index (χ1) is 12.9. The van der Waals surface area contributed by atoms with E-state index in [1.165, 1.54) is 29.0 Å². The second-order valence-corrected chi connectivity index (χ2v) is 7.11. The maximum Gasteiger partial charge on any atom is 0.308 e. The second kappa shape index (κ2) is 6.48. The number of furan rings is 1. The molecule has 1 aromatic carbocycles. The van der Waals surface area contributed by atoms with Crippen LogP contribution >= 0.6 is 11.3 Å². The predicted octanol–water partition coefficient (Wildman–Crippen LogP) is 2.50. The monoisotopic (exact) mass is 381 g/mol. The Kier molecular flexibility index (Phi) is 4.12. The summed E-state index contributed by atoms with van der Waals surface area (Å²) < 4.78 is 12.3. The molecule has 27 heavy (non-hydrogen) atoms. The Morgan fingerprint density at radius 2 is 2.04 bits per heavy atom. The summed E-state index contributed by atoms with van der Waals surface area (Å²) in [4.78, 5) is 28.7. The first kappa shape index (κ1) is 17.2. The fourth-order valence-electron chi connectivity index (χ4n) is 2.87. The zero-order chi connectivity index (χ0) is 19.1. The predicted molar refractivity (Wildman–Crippen MR) is 101 cm³/mol. The summed E-state index contributed by atoms with van der Waals surface area (Å²) in [6, 6.07) is 7.23. The average Bonchev–Trinajstić information content (AvgIpc) is 3.30. The molecule has 0 bridgehead atoms. The Bertz CT molecular complexity index is 1250. The van der Waals surface area contributed by atoms with Crippen LogP contribution in [0.25, 0.3) is 22.6 Å². The van der Waals surface area contributed by atoms with Crippen molar-refractivity contribution in [3.8, 4) is 17.3 Å². The number of carbonyl (C=O) groups is 1. The molecule has 0 fully saturated rings. The van der Waals surface area contributed by atoms with E-state index in [0.29, 0.717) is 26.8 Å². The highest BCUT2D eigenvalue weighted by molar-refractivity contribution is 7.15. The molecule has 0 aliphatic rings. The fourth-order valence-corrected chi connectivity index (χ4v) is 3.77. The SMILES string of the molecule is CC(=O)Oc1c(C)cc(/C=c2\sc3nc(-c4ccco4)nn3c2=O)cc1C. The second-order valence-electron chi connectivity index (χ2n) is 6.10. The Morgan fingerprint density at radius 3 is 2.63 bits per heavy atom. The summed E-state index contributed by atoms with van der Waals surface area (Å²) in [5.41, 5.74) is 2.25. The molecule has 0 N–H and O–H groups in total. The van der Waals surface area contributed by atoms with Gasteiger partial charge in [-0.1, -0.05) is 11.3 Å². The molecule has 0 radical (unpaired) electrons. The van der Waals surface area contributed by atoms with Gasteiger partial charge in [-0.3, -0.25) is 9.59 Å². The van der Waals surface area contributed by atoms with Crippen molar-refractivity contribution < 1.29 is 13.9 Å². The van der Waals surface area contributed by atoms with Gasteiger partial charge in [0.1, 0.15) is 5.75 Å². The van der Waals surface area contributed by atoms with Gasteiger partial charge in [0.2, 0.25) is 10.8 Å². The Hall–Kier alpha value is -3.26. The lowest BCUT2D eigenvalue weighted by Crippen LogP contribution is -2.23. The maximum absolute atomic E-state index is 12.6. The van der Waals surface area contributed by atoms with Gasteiger partial charge >= 0.3 is 5.97 Å². The number of carbonyl (C=O) groups excluding carboxylic acids is 1. The minimum absolute atomic E-state index is 0.236. The molecule has 0 aliphatic carbocycles. The summed E-state index contributed by atoms with van der Waals surface area (Å²) in [7, 11) is 0. The summed E-state index contributed by atoms with van der Waals surface area (Å²) in [5, 5.41) is 4.23. The van der Waals surface area contributed by atoms with Gasteiger partial charge in [-0.25, -0.2) is 0 Å². The van der Waals surface area contributed by atoms with Crippen LogP contribution in [0.2, 0.25) is 0 Å². The number of fused-ring (bicyclic) bond motifs is 1. The van der Waals surface area contributed by atoms with Crippen molar-refractivity contribution in [3.63, 3.8) is 0 Å². The molecule has 0 amide bonds. The standard InChI is InChI=1S/C19H15N3O4S/c1-10-7-13(8-11(2)16(10)26-12(3)23)9-15-18(24)22-19(27-15)20-17(21-22)14-5-4-6-25-14/h4-9H,1-3H3/b15-9-. The van der Waals surface area contributed by atoms with Crippen LogP contribution in [0.1, 0.15) is 23.6 Å². The Morgan fingerprint density at radius 1 is 1.30 bits per heavy atom. The number of esters is 1. The third kappa shape index (κ3) is 3.15. The van der Waals surface area contributed by atoms with Crippen molar-refractivity contribution in [1.29, 1.82) is 0 Å². The lowest BCUT2D eigenvalue weighted by atomic mass is 10.1. The first-order valence-corrected chi connectivity index (χ1v) is 8.99. The Balaban J connectivity index is 1.77. The van der Waals surface area contributed by atoms with E-state index in [0.717, 1.165) is 16.7 Å². The van der Waals surface area contributed by atoms with E-state index in [4.69, 9.17) is 9.15 Å². The van der Waals surface area contributed by atoms with Gasteiger partial charge < -0.3 is 9.15 Å². The topological polar surface area (TPSA) is 86.7 Å². The molecular formula is C19H15N3O4S. The van der Waals surface area contributed by atoms with Crippen molar-refractivity contribution >= 4 is 28.3 Å². The van der Waals surface area contributed by atoms with Gasteiger partial charge in [0.15, 0.2) is 5.76 Å². The van der Waals surface area contributed by atoms with Gasteiger partial charge in [-0.2, -0.15) is 9.50 Å². The molecule has 4 aromatic rings. The van der Waals surface area contributed by atoms with Crippen LogP contribution in [0.15, 0.2) is 39.7 Å². The van der Waals surface area contributed by atoms with E-state index in [1.54, 1.807) is 18.2 Å². The van der Waals surface area contributed by atoms with Crippen molar-refractivity contribution in [2.75, 3.05) is 0 Å². The zero-order valence-electron chi connectivity index (χ0n) is 14.8. The van der Waals surface area contributed by atoms with Gasteiger partial charge in [0.05, 0.1) is 10.8 Å². The van der Waals surface area contributed by atoms with E-state index in [-0.39, 0.29) is 11.5 Å².